The Hall–Kier alpha value is -3.69. The zero-order valence-corrected chi connectivity index (χ0v) is 15.6. The summed E-state index contributed by atoms with van der Waals surface area (Å²) in [5, 5.41) is 0. The zero-order chi connectivity index (χ0) is 22.7. The lowest BCUT2D eigenvalue weighted by Gasteiger charge is -2.12. The number of hydrogen-bond acceptors (Lipinski definition) is 4. The average Bonchev–Trinajstić information content (AvgIpc) is 2.76. The van der Waals surface area contributed by atoms with E-state index in [1.165, 1.54) is 49.6 Å². The van der Waals surface area contributed by atoms with Crippen LogP contribution < -0.4 is 14.2 Å². The van der Waals surface area contributed by atoms with Crippen molar-refractivity contribution in [2.45, 2.75) is 6.42 Å². The fourth-order valence-electron chi connectivity index (χ4n) is 2.53. The summed E-state index contributed by atoms with van der Waals surface area (Å²) < 4.78 is 94.9. The van der Waals surface area contributed by atoms with Crippen molar-refractivity contribution in [1.82, 2.24) is 0 Å². The standard InChI is InChI=1S/C21H12F6O4/c1-29-14-8-10(2-7-13(14)30-12-5-3-11(22)4-6-12)9-15(28)31-21-19(26)17(24)16(23)18(25)20(21)27/h2-8H,9H2,1H3. The van der Waals surface area contributed by atoms with E-state index in [1.807, 2.05) is 0 Å². The number of carbonyl (C=O) groups excluding carboxylic acids is 1. The maximum absolute atomic E-state index is 13.6. The van der Waals surface area contributed by atoms with Gasteiger partial charge in [0.25, 0.3) is 0 Å². The fraction of sp³-hybridized carbons (Fsp3) is 0.0952. The number of rotatable bonds is 6. The van der Waals surface area contributed by atoms with Gasteiger partial charge in [-0.15, -0.1) is 0 Å². The van der Waals surface area contributed by atoms with Gasteiger partial charge in [0, 0.05) is 0 Å². The largest absolute Gasteiger partial charge is 0.493 e. The second kappa shape index (κ2) is 8.99. The van der Waals surface area contributed by atoms with Crippen LogP contribution in [0.25, 0.3) is 0 Å². The number of esters is 1. The Balaban J connectivity index is 1.77. The van der Waals surface area contributed by atoms with Gasteiger partial charge in [0.2, 0.25) is 34.8 Å². The predicted octanol–water partition coefficient (Wildman–Crippen LogP) is 5.47. The molecule has 0 spiro atoms. The van der Waals surface area contributed by atoms with Gasteiger partial charge in [0.1, 0.15) is 11.6 Å². The molecule has 0 amide bonds. The van der Waals surface area contributed by atoms with E-state index >= 15 is 0 Å². The predicted molar refractivity (Wildman–Crippen MR) is 95.0 cm³/mol. The fourth-order valence-corrected chi connectivity index (χ4v) is 2.53. The molecule has 4 nitrogen and oxygen atoms in total. The zero-order valence-electron chi connectivity index (χ0n) is 15.6. The van der Waals surface area contributed by atoms with Gasteiger partial charge < -0.3 is 14.2 Å². The summed E-state index contributed by atoms with van der Waals surface area (Å²) in [5.41, 5.74) is 0.233. The van der Waals surface area contributed by atoms with E-state index in [0.717, 1.165) is 0 Å². The minimum atomic E-state index is -2.36. The number of carbonyl (C=O) groups is 1. The third kappa shape index (κ3) is 4.73. The van der Waals surface area contributed by atoms with Crippen LogP contribution in [-0.2, 0) is 11.2 Å². The van der Waals surface area contributed by atoms with E-state index in [4.69, 9.17) is 9.47 Å². The van der Waals surface area contributed by atoms with Gasteiger partial charge in [-0.05, 0) is 42.0 Å². The number of halogens is 6. The topological polar surface area (TPSA) is 44.8 Å². The molecule has 0 aliphatic carbocycles. The average molecular weight is 442 g/mol. The van der Waals surface area contributed by atoms with Crippen LogP contribution in [0.5, 0.6) is 23.0 Å². The van der Waals surface area contributed by atoms with Gasteiger partial charge in [-0.1, -0.05) is 6.07 Å². The van der Waals surface area contributed by atoms with Crippen LogP contribution in [0.4, 0.5) is 26.3 Å². The van der Waals surface area contributed by atoms with Crippen LogP contribution in [-0.4, -0.2) is 13.1 Å². The molecule has 0 saturated heterocycles. The van der Waals surface area contributed by atoms with Crippen LogP contribution in [0.1, 0.15) is 5.56 Å². The van der Waals surface area contributed by atoms with E-state index in [-0.39, 0.29) is 17.1 Å². The third-order valence-electron chi connectivity index (χ3n) is 4.00. The molecule has 0 unspecified atom stereocenters. The Morgan fingerprint density at radius 2 is 1.35 bits per heavy atom. The molecule has 3 aromatic carbocycles. The second-order valence-electron chi connectivity index (χ2n) is 6.09. The lowest BCUT2D eigenvalue weighted by molar-refractivity contribution is -0.134. The second-order valence-corrected chi connectivity index (χ2v) is 6.09. The molecule has 3 rings (SSSR count). The van der Waals surface area contributed by atoms with Crippen molar-refractivity contribution in [3.05, 3.63) is 82.9 Å². The Bertz CT molecular complexity index is 1100. The molecule has 0 aromatic heterocycles. The summed E-state index contributed by atoms with van der Waals surface area (Å²) in [6, 6.07) is 9.27. The number of benzene rings is 3. The third-order valence-corrected chi connectivity index (χ3v) is 4.00. The first-order valence-electron chi connectivity index (χ1n) is 8.53. The molecule has 0 fully saturated rings. The molecule has 3 aromatic rings. The molecular weight excluding hydrogens is 430 g/mol. The van der Waals surface area contributed by atoms with E-state index in [2.05, 4.69) is 4.74 Å². The summed E-state index contributed by atoms with van der Waals surface area (Å²) in [5.74, 6) is -14.1. The monoisotopic (exact) mass is 442 g/mol. The molecule has 0 atom stereocenters. The normalized spacial score (nSPS) is 10.7. The SMILES string of the molecule is COc1cc(CC(=O)Oc2c(F)c(F)c(F)c(F)c2F)ccc1Oc1ccc(F)cc1. The molecule has 162 valence electrons. The van der Waals surface area contributed by atoms with Gasteiger partial charge in [0.05, 0.1) is 13.5 Å². The summed E-state index contributed by atoms with van der Waals surface area (Å²) in [6.07, 6.45) is -0.577. The van der Waals surface area contributed by atoms with E-state index in [0.29, 0.717) is 5.75 Å². The summed E-state index contributed by atoms with van der Waals surface area (Å²) in [6.45, 7) is 0. The summed E-state index contributed by atoms with van der Waals surface area (Å²) >= 11 is 0. The van der Waals surface area contributed by atoms with Crippen molar-refractivity contribution < 1.29 is 45.3 Å². The number of methoxy groups -OCH3 is 1. The first-order valence-corrected chi connectivity index (χ1v) is 8.53. The van der Waals surface area contributed by atoms with Crippen LogP contribution in [0.2, 0.25) is 0 Å². The summed E-state index contributed by atoms with van der Waals surface area (Å²) in [4.78, 5) is 12.0. The highest BCUT2D eigenvalue weighted by Crippen LogP contribution is 2.33. The molecular formula is C21H12F6O4. The van der Waals surface area contributed by atoms with E-state index in [1.54, 1.807) is 0 Å². The molecule has 0 saturated carbocycles. The molecule has 0 aliphatic heterocycles. The van der Waals surface area contributed by atoms with Gasteiger partial charge in [-0.2, -0.15) is 8.78 Å². The molecule has 0 radical (unpaired) electrons. The molecule has 0 bridgehead atoms. The molecule has 31 heavy (non-hydrogen) atoms. The highest BCUT2D eigenvalue weighted by molar-refractivity contribution is 5.75. The minimum Gasteiger partial charge on any atom is -0.493 e. The Kier molecular flexibility index (Phi) is 6.38. The highest BCUT2D eigenvalue weighted by Gasteiger charge is 2.28. The van der Waals surface area contributed by atoms with Crippen molar-refractivity contribution >= 4 is 5.97 Å². The maximum atomic E-state index is 13.6. The molecule has 0 aliphatic rings. The number of ether oxygens (including phenoxy) is 3. The Labute approximate surface area is 171 Å². The highest BCUT2D eigenvalue weighted by atomic mass is 19.2. The first-order chi connectivity index (χ1) is 14.7. The first kappa shape index (κ1) is 22.0. The van der Waals surface area contributed by atoms with Crippen LogP contribution in [0.15, 0.2) is 42.5 Å². The Morgan fingerprint density at radius 3 is 1.94 bits per heavy atom. The van der Waals surface area contributed by atoms with Gasteiger partial charge in [-0.25, -0.2) is 17.6 Å². The quantitative estimate of drug-likeness (QED) is 0.167. The van der Waals surface area contributed by atoms with Crippen LogP contribution >= 0.6 is 0 Å². The van der Waals surface area contributed by atoms with Crippen molar-refractivity contribution in [1.29, 1.82) is 0 Å². The summed E-state index contributed by atoms with van der Waals surface area (Å²) in [7, 11) is 1.31. The van der Waals surface area contributed by atoms with Crippen molar-refractivity contribution in [2.75, 3.05) is 7.11 Å². The maximum Gasteiger partial charge on any atom is 0.315 e. The molecule has 0 N–H and O–H groups in total. The van der Waals surface area contributed by atoms with Gasteiger partial charge in [-0.3, -0.25) is 4.79 Å². The van der Waals surface area contributed by atoms with Crippen molar-refractivity contribution in [3.8, 4) is 23.0 Å². The smallest absolute Gasteiger partial charge is 0.315 e. The van der Waals surface area contributed by atoms with Gasteiger partial charge >= 0.3 is 5.97 Å². The van der Waals surface area contributed by atoms with Crippen LogP contribution in [0, 0.1) is 34.9 Å². The van der Waals surface area contributed by atoms with Gasteiger partial charge in [0.15, 0.2) is 11.5 Å². The van der Waals surface area contributed by atoms with E-state index < -0.39 is 53.0 Å². The van der Waals surface area contributed by atoms with Crippen molar-refractivity contribution in [3.63, 3.8) is 0 Å². The number of hydrogen-bond donors (Lipinski definition) is 0. The molecule has 0 heterocycles. The molecule has 10 heteroatoms. The van der Waals surface area contributed by atoms with E-state index in [9.17, 15) is 31.1 Å². The lowest BCUT2D eigenvalue weighted by Crippen LogP contribution is -2.15. The minimum absolute atomic E-state index is 0.158. The lowest BCUT2D eigenvalue weighted by atomic mass is 10.1. The van der Waals surface area contributed by atoms with Crippen LogP contribution in [0.3, 0.4) is 0 Å². The Morgan fingerprint density at radius 1 is 0.774 bits per heavy atom. The van der Waals surface area contributed by atoms with Crippen molar-refractivity contribution in [2.24, 2.45) is 0 Å².